The second-order valence-electron chi connectivity index (χ2n) is 6.93. The number of hydrogen-bond donors (Lipinski definition) is 2. The van der Waals surface area contributed by atoms with Crippen molar-refractivity contribution in [3.63, 3.8) is 0 Å². The first-order valence-corrected chi connectivity index (χ1v) is 9.16. The number of hydrogen-bond acceptors (Lipinski definition) is 3. The van der Waals surface area contributed by atoms with E-state index in [1.165, 1.54) is 0 Å². The third-order valence-corrected chi connectivity index (χ3v) is 5.46. The molecule has 0 bridgehead atoms. The van der Waals surface area contributed by atoms with Gasteiger partial charge in [-0.3, -0.25) is 4.79 Å². The number of ether oxygens (including phenoxy) is 1. The zero-order valence-corrected chi connectivity index (χ0v) is 15.2. The summed E-state index contributed by atoms with van der Waals surface area (Å²) >= 11 is 5.28. The van der Waals surface area contributed by atoms with E-state index >= 15 is 0 Å². The van der Waals surface area contributed by atoms with E-state index < -0.39 is 23.4 Å². The Morgan fingerprint density at radius 3 is 2.85 bits per heavy atom. The van der Waals surface area contributed by atoms with Gasteiger partial charge >= 0.3 is 0 Å². The number of nitrogens with one attached hydrogen (secondary N) is 2. The smallest absolute Gasteiger partial charge is 0.226 e. The number of imidazole rings is 1. The Kier molecular flexibility index (Phi) is 4.81. The van der Waals surface area contributed by atoms with E-state index in [0.29, 0.717) is 23.7 Å². The van der Waals surface area contributed by atoms with Gasteiger partial charge in [0.2, 0.25) is 5.91 Å². The van der Waals surface area contributed by atoms with Crippen molar-refractivity contribution < 1.29 is 22.7 Å². The van der Waals surface area contributed by atoms with Crippen molar-refractivity contribution in [1.82, 2.24) is 14.9 Å². The standard InChI is InChI=1S/C18H18F3N3O2S/c19-11-1-2-12(20)17(21)16(11)9-5-14-13(23-18(27)24(14)7-9)6-15(25)22-10-3-4-26-8-10/h1-2,9-10H,3-8H2,(H,22,25)(H,23,27). The van der Waals surface area contributed by atoms with Gasteiger partial charge in [-0.05, 0) is 37.2 Å². The molecule has 1 aromatic carbocycles. The number of fused-ring (bicyclic) bond motifs is 1. The van der Waals surface area contributed by atoms with Gasteiger partial charge in [-0.15, -0.1) is 0 Å². The van der Waals surface area contributed by atoms with E-state index in [2.05, 4.69) is 10.3 Å². The fraction of sp³-hybridized carbons (Fsp3) is 0.444. The van der Waals surface area contributed by atoms with Gasteiger partial charge in [-0.25, -0.2) is 13.2 Å². The van der Waals surface area contributed by atoms with Crippen LogP contribution in [-0.2, 0) is 28.9 Å². The minimum absolute atomic E-state index is 0.000583. The van der Waals surface area contributed by atoms with Crippen LogP contribution in [0, 0.1) is 22.2 Å². The lowest BCUT2D eigenvalue weighted by molar-refractivity contribution is -0.121. The summed E-state index contributed by atoms with van der Waals surface area (Å²) in [4.78, 5) is 15.3. The molecule has 1 aromatic heterocycles. The summed E-state index contributed by atoms with van der Waals surface area (Å²) in [5.74, 6) is -3.76. The third-order valence-electron chi connectivity index (χ3n) is 5.14. The predicted octanol–water partition coefficient (Wildman–Crippen LogP) is 2.75. The predicted molar refractivity (Wildman–Crippen MR) is 93.4 cm³/mol. The van der Waals surface area contributed by atoms with Crippen LogP contribution in [0.15, 0.2) is 12.1 Å². The van der Waals surface area contributed by atoms with Crippen LogP contribution < -0.4 is 5.32 Å². The molecule has 2 aliphatic rings. The number of carbonyl (C=O) groups is 1. The van der Waals surface area contributed by atoms with Crippen LogP contribution in [0.2, 0.25) is 0 Å². The molecule has 144 valence electrons. The lowest BCUT2D eigenvalue weighted by Gasteiger charge is -2.13. The van der Waals surface area contributed by atoms with E-state index in [0.717, 1.165) is 24.2 Å². The maximum atomic E-state index is 14.1. The van der Waals surface area contributed by atoms with Gasteiger partial charge in [0.05, 0.1) is 19.1 Å². The number of benzene rings is 1. The normalized spacial score (nSPS) is 21.4. The molecule has 2 aromatic rings. The zero-order valence-electron chi connectivity index (χ0n) is 14.4. The summed E-state index contributed by atoms with van der Waals surface area (Å²) in [5.41, 5.74) is 1.08. The SMILES string of the molecule is O=C(Cc1[nH]c(=S)n2c1CC(c1c(F)ccc(F)c1F)C2)NC1CCOC1. The van der Waals surface area contributed by atoms with Crippen molar-refractivity contribution in [3.05, 3.63) is 51.3 Å². The van der Waals surface area contributed by atoms with Gasteiger partial charge < -0.3 is 19.6 Å². The van der Waals surface area contributed by atoms with Crippen LogP contribution in [-0.4, -0.2) is 34.7 Å². The van der Waals surface area contributed by atoms with E-state index in [-0.39, 0.29) is 36.9 Å². The van der Waals surface area contributed by atoms with Crippen LogP contribution in [0.5, 0.6) is 0 Å². The fourth-order valence-corrected chi connectivity index (χ4v) is 4.15. The molecule has 27 heavy (non-hydrogen) atoms. The van der Waals surface area contributed by atoms with Crippen LogP contribution in [0.4, 0.5) is 13.2 Å². The Morgan fingerprint density at radius 2 is 2.11 bits per heavy atom. The first-order chi connectivity index (χ1) is 12.9. The molecule has 9 heteroatoms. The summed E-state index contributed by atoms with van der Waals surface area (Å²) in [6.07, 6.45) is 1.14. The number of nitrogens with zero attached hydrogens (tertiary/aromatic N) is 1. The second-order valence-corrected chi connectivity index (χ2v) is 7.32. The van der Waals surface area contributed by atoms with Crippen LogP contribution in [0.25, 0.3) is 0 Å². The first kappa shape index (κ1) is 18.2. The van der Waals surface area contributed by atoms with Gasteiger partial charge in [-0.2, -0.15) is 0 Å². The molecule has 1 saturated heterocycles. The highest BCUT2D eigenvalue weighted by molar-refractivity contribution is 7.71. The molecular formula is C18H18F3N3O2S. The van der Waals surface area contributed by atoms with Crippen LogP contribution >= 0.6 is 12.2 Å². The summed E-state index contributed by atoms with van der Waals surface area (Å²) < 4.78 is 49.2. The van der Waals surface area contributed by atoms with E-state index in [9.17, 15) is 18.0 Å². The average molecular weight is 397 g/mol. The largest absolute Gasteiger partial charge is 0.379 e. The topological polar surface area (TPSA) is 59.0 Å². The number of carbonyl (C=O) groups excluding carboxylic acids is 1. The molecule has 1 fully saturated rings. The number of H-pyrrole nitrogens is 1. The van der Waals surface area contributed by atoms with Gasteiger partial charge in [0.15, 0.2) is 16.4 Å². The Labute approximate surface area is 158 Å². The number of aromatic nitrogens is 2. The molecule has 3 heterocycles. The van der Waals surface area contributed by atoms with E-state index in [1.54, 1.807) is 4.57 Å². The highest BCUT2D eigenvalue weighted by atomic mass is 32.1. The lowest BCUT2D eigenvalue weighted by atomic mass is 9.95. The molecule has 0 radical (unpaired) electrons. The summed E-state index contributed by atoms with van der Waals surface area (Å²) in [6.45, 7) is 1.36. The first-order valence-electron chi connectivity index (χ1n) is 8.75. The Hall–Kier alpha value is -2.13. The highest BCUT2D eigenvalue weighted by Crippen LogP contribution is 2.35. The average Bonchev–Trinajstić information content (AvgIpc) is 3.32. The van der Waals surface area contributed by atoms with Crippen LogP contribution in [0.3, 0.4) is 0 Å². The minimum atomic E-state index is -1.17. The fourth-order valence-electron chi connectivity index (χ4n) is 3.84. The van der Waals surface area contributed by atoms with E-state index in [1.807, 2.05) is 0 Å². The molecule has 0 spiro atoms. The Morgan fingerprint density at radius 1 is 1.33 bits per heavy atom. The van der Waals surface area contributed by atoms with Crippen molar-refractivity contribution in [2.24, 2.45) is 0 Å². The molecule has 2 unspecified atom stereocenters. The van der Waals surface area contributed by atoms with E-state index in [4.69, 9.17) is 17.0 Å². The maximum Gasteiger partial charge on any atom is 0.226 e. The molecule has 2 aliphatic heterocycles. The molecule has 4 rings (SSSR count). The minimum Gasteiger partial charge on any atom is -0.379 e. The Bertz CT molecular complexity index is 950. The molecule has 1 amide bonds. The van der Waals surface area contributed by atoms with Crippen molar-refractivity contribution >= 4 is 18.1 Å². The monoisotopic (exact) mass is 397 g/mol. The van der Waals surface area contributed by atoms with Crippen molar-refractivity contribution in [2.75, 3.05) is 13.2 Å². The lowest BCUT2D eigenvalue weighted by Crippen LogP contribution is -2.36. The highest BCUT2D eigenvalue weighted by Gasteiger charge is 2.32. The third kappa shape index (κ3) is 3.41. The second kappa shape index (κ2) is 7.12. The quantitative estimate of drug-likeness (QED) is 0.616. The van der Waals surface area contributed by atoms with Gasteiger partial charge in [0, 0.05) is 36.0 Å². The van der Waals surface area contributed by atoms with Crippen LogP contribution in [0.1, 0.15) is 29.3 Å². The van der Waals surface area contributed by atoms with Gasteiger partial charge in [-0.1, -0.05) is 0 Å². The molecule has 0 aliphatic carbocycles. The number of halogens is 3. The molecule has 2 N–H and O–H groups in total. The Balaban J connectivity index is 1.55. The number of rotatable bonds is 4. The van der Waals surface area contributed by atoms with Crippen molar-refractivity contribution in [2.45, 2.75) is 37.8 Å². The van der Waals surface area contributed by atoms with Crippen molar-refractivity contribution in [1.29, 1.82) is 0 Å². The van der Waals surface area contributed by atoms with Crippen molar-refractivity contribution in [3.8, 4) is 0 Å². The summed E-state index contributed by atoms with van der Waals surface area (Å²) in [6, 6.07) is 1.71. The summed E-state index contributed by atoms with van der Waals surface area (Å²) in [5, 5.41) is 2.90. The summed E-state index contributed by atoms with van der Waals surface area (Å²) in [7, 11) is 0. The molecular weight excluding hydrogens is 379 g/mol. The molecule has 2 atom stereocenters. The molecule has 0 saturated carbocycles. The van der Waals surface area contributed by atoms with Gasteiger partial charge in [0.1, 0.15) is 5.82 Å². The number of amides is 1. The maximum absolute atomic E-state index is 14.1. The van der Waals surface area contributed by atoms with Gasteiger partial charge in [0.25, 0.3) is 0 Å². The number of aromatic amines is 1. The zero-order chi connectivity index (χ0) is 19.1. The molecule has 5 nitrogen and oxygen atoms in total.